The molecule has 0 spiro atoms. The fourth-order valence-electron chi connectivity index (χ4n) is 2.14. The van der Waals surface area contributed by atoms with Gasteiger partial charge in [-0.25, -0.2) is 18.1 Å². The van der Waals surface area contributed by atoms with E-state index in [1.54, 1.807) is 24.3 Å². The molecule has 1 saturated carbocycles. The summed E-state index contributed by atoms with van der Waals surface area (Å²) in [6, 6.07) is 10.5. The zero-order valence-corrected chi connectivity index (χ0v) is 12.5. The van der Waals surface area contributed by atoms with Gasteiger partial charge in [0.05, 0.1) is 10.6 Å². The fourth-order valence-corrected chi connectivity index (χ4v) is 3.49. The summed E-state index contributed by atoms with van der Waals surface area (Å²) >= 11 is 0. The number of nitrogen functional groups attached to an aromatic ring is 1. The van der Waals surface area contributed by atoms with Gasteiger partial charge in [0.2, 0.25) is 10.0 Å². The number of sulfonamides is 1. The van der Waals surface area contributed by atoms with Gasteiger partial charge in [0.15, 0.2) is 0 Å². The van der Waals surface area contributed by atoms with Crippen molar-refractivity contribution in [3.8, 4) is 11.3 Å². The van der Waals surface area contributed by atoms with E-state index in [4.69, 9.17) is 5.73 Å². The summed E-state index contributed by atoms with van der Waals surface area (Å²) in [7, 11) is -3.46. The van der Waals surface area contributed by atoms with Crippen LogP contribution in [0.4, 0.5) is 5.82 Å². The van der Waals surface area contributed by atoms with E-state index >= 15 is 0 Å². The van der Waals surface area contributed by atoms with Crippen LogP contribution in [0.5, 0.6) is 0 Å². The van der Waals surface area contributed by atoms with Gasteiger partial charge in [0, 0.05) is 11.6 Å². The largest absolute Gasteiger partial charge is 0.384 e. The van der Waals surface area contributed by atoms with Crippen molar-refractivity contribution in [2.24, 2.45) is 0 Å². The number of hydrogen-bond acceptors (Lipinski definition) is 4. The molecule has 0 radical (unpaired) electrons. The highest BCUT2D eigenvalue weighted by molar-refractivity contribution is 7.89. The maximum Gasteiger partial charge on any atom is 0.240 e. The van der Waals surface area contributed by atoms with Crippen LogP contribution in [0.1, 0.15) is 18.4 Å². The molecule has 1 fully saturated rings. The van der Waals surface area contributed by atoms with Crippen molar-refractivity contribution in [1.29, 1.82) is 0 Å². The van der Waals surface area contributed by atoms with E-state index in [0.29, 0.717) is 11.5 Å². The topological polar surface area (TPSA) is 85.1 Å². The number of aryl methyl sites for hydroxylation is 1. The zero-order chi connectivity index (χ0) is 15.0. The van der Waals surface area contributed by atoms with E-state index in [2.05, 4.69) is 9.71 Å². The van der Waals surface area contributed by atoms with Crippen molar-refractivity contribution in [2.75, 3.05) is 5.73 Å². The lowest BCUT2D eigenvalue weighted by Crippen LogP contribution is -2.25. The van der Waals surface area contributed by atoms with Gasteiger partial charge in [-0.05, 0) is 43.5 Å². The summed E-state index contributed by atoms with van der Waals surface area (Å²) in [4.78, 5) is 4.56. The zero-order valence-electron chi connectivity index (χ0n) is 11.7. The molecular formula is C15H17N3O2S. The molecule has 5 nitrogen and oxygen atoms in total. The van der Waals surface area contributed by atoms with Crippen LogP contribution in [0.2, 0.25) is 0 Å². The highest BCUT2D eigenvalue weighted by Gasteiger charge is 2.28. The Morgan fingerprint density at radius 2 is 2.00 bits per heavy atom. The number of nitrogens with one attached hydrogen (secondary N) is 1. The number of pyridine rings is 1. The quantitative estimate of drug-likeness (QED) is 0.905. The summed E-state index contributed by atoms with van der Waals surface area (Å²) in [5.74, 6) is 0.417. The molecule has 2 aromatic rings. The van der Waals surface area contributed by atoms with Crippen molar-refractivity contribution in [3.05, 3.63) is 42.0 Å². The molecule has 0 unspecified atom stereocenters. The molecule has 0 amide bonds. The second-order valence-corrected chi connectivity index (χ2v) is 7.04. The highest BCUT2D eigenvalue weighted by Crippen LogP contribution is 2.26. The first-order valence-corrected chi connectivity index (χ1v) is 8.30. The molecule has 1 aliphatic carbocycles. The molecule has 3 rings (SSSR count). The monoisotopic (exact) mass is 303 g/mol. The standard InChI is InChI=1S/C15H17N3O2S/c1-10-5-8-14(16)17-15(10)11-3-2-4-13(9-11)21(19,20)18-12-6-7-12/h2-5,8-9,12,18H,6-7H2,1H3,(H2,16,17). The van der Waals surface area contributed by atoms with Crippen molar-refractivity contribution in [3.63, 3.8) is 0 Å². The molecule has 0 atom stereocenters. The van der Waals surface area contributed by atoms with Gasteiger partial charge in [0.25, 0.3) is 0 Å². The Labute approximate surface area is 124 Å². The number of benzene rings is 1. The minimum Gasteiger partial charge on any atom is -0.384 e. The Balaban J connectivity index is 2.01. The maximum atomic E-state index is 12.3. The lowest BCUT2D eigenvalue weighted by Gasteiger charge is -2.09. The Bertz CT molecular complexity index is 783. The molecule has 0 bridgehead atoms. The van der Waals surface area contributed by atoms with Gasteiger partial charge in [-0.2, -0.15) is 0 Å². The number of rotatable bonds is 4. The van der Waals surface area contributed by atoms with Crippen LogP contribution in [-0.2, 0) is 10.0 Å². The van der Waals surface area contributed by atoms with Gasteiger partial charge in [-0.3, -0.25) is 0 Å². The van der Waals surface area contributed by atoms with Crippen LogP contribution in [0.3, 0.4) is 0 Å². The summed E-state index contributed by atoms with van der Waals surface area (Å²) < 4.78 is 27.2. The van der Waals surface area contributed by atoms with E-state index in [1.165, 1.54) is 0 Å². The Kier molecular flexibility index (Phi) is 3.43. The predicted molar refractivity (Wildman–Crippen MR) is 82.2 cm³/mol. The van der Waals surface area contributed by atoms with Crippen molar-refractivity contribution in [2.45, 2.75) is 30.7 Å². The summed E-state index contributed by atoms with van der Waals surface area (Å²) in [5.41, 5.74) is 8.13. The molecule has 3 N–H and O–H groups in total. The SMILES string of the molecule is Cc1ccc(N)nc1-c1cccc(S(=O)(=O)NC2CC2)c1. The van der Waals surface area contributed by atoms with Crippen LogP contribution >= 0.6 is 0 Å². The number of nitrogens with zero attached hydrogens (tertiary/aromatic N) is 1. The third-order valence-electron chi connectivity index (χ3n) is 3.44. The minimum absolute atomic E-state index is 0.0888. The van der Waals surface area contributed by atoms with Crippen LogP contribution < -0.4 is 10.5 Å². The molecule has 6 heteroatoms. The smallest absolute Gasteiger partial charge is 0.240 e. The average molecular weight is 303 g/mol. The van der Waals surface area contributed by atoms with Gasteiger partial charge in [-0.1, -0.05) is 18.2 Å². The van der Waals surface area contributed by atoms with E-state index in [1.807, 2.05) is 19.1 Å². The minimum atomic E-state index is -3.46. The molecule has 110 valence electrons. The fraction of sp³-hybridized carbons (Fsp3) is 0.267. The third-order valence-corrected chi connectivity index (χ3v) is 4.95. The molecule has 1 heterocycles. The van der Waals surface area contributed by atoms with Gasteiger partial charge in [0.1, 0.15) is 5.82 Å². The number of anilines is 1. The molecule has 1 aromatic carbocycles. The average Bonchev–Trinajstić information content (AvgIpc) is 3.25. The first kappa shape index (κ1) is 14.0. The van der Waals surface area contributed by atoms with Gasteiger partial charge < -0.3 is 5.73 Å². The summed E-state index contributed by atoms with van der Waals surface area (Å²) in [5, 5.41) is 0. The number of nitrogens with two attached hydrogens (primary N) is 1. The molecule has 0 aliphatic heterocycles. The van der Waals surface area contributed by atoms with Crippen molar-refractivity contribution >= 4 is 15.8 Å². The lowest BCUT2D eigenvalue weighted by atomic mass is 10.1. The van der Waals surface area contributed by atoms with E-state index in [0.717, 1.165) is 24.0 Å². The Hall–Kier alpha value is -1.92. The maximum absolute atomic E-state index is 12.3. The Morgan fingerprint density at radius 1 is 1.24 bits per heavy atom. The van der Waals surface area contributed by atoms with Crippen LogP contribution in [0, 0.1) is 6.92 Å². The van der Waals surface area contributed by atoms with Crippen molar-refractivity contribution < 1.29 is 8.42 Å². The summed E-state index contributed by atoms with van der Waals surface area (Å²) in [6.45, 7) is 1.92. The first-order valence-electron chi connectivity index (χ1n) is 6.81. The lowest BCUT2D eigenvalue weighted by molar-refractivity contribution is 0.581. The molecular weight excluding hydrogens is 286 g/mol. The van der Waals surface area contributed by atoms with E-state index < -0.39 is 10.0 Å². The van der Waals surface area contributed by atoms with E-state index in [9.17, 15) is 8.42 Å². The molecule has 1 aliphatic rings. The molecule has 0 saturated heterocycles. The summed E-state index contributed by atoms with van der Waals surface area (Å²) in [6.07, 6.45) is 1.82. The predicted octanol–water partition coefficient (Wildman–Crippen LogP) is 2.08. The second kappa shape index (κ2) is 5.13. The number of hydrogen-bond donors (Lipinski definition) is 2. The third kappa shape index (κ3) is 3.06. The Morgan fingerprint density at radius 3 is 2.71 bits per heavy atom. The molecule has 21 heavy (non-hydrogen) atoms. The van der Waals surface area contributed by atoms with Crippen LogP contribution in [0.15, 0.2) is 41.3 Å². The van der Waals surface area contributed by atoms with E-state index in [-0.39, 0.29) is 10.9 Å². The molecule has 1 aromatic heterocycles. The van der Waals surface area contributed by atoms with Gasteiger partial charge in [-0.15, -0.1) is 0 Å². The first-order chi connectivity index (χ1) is 9.95. The van der Waals surface area contributed by atoms with Crippen LogP contribution in [-0.4, -0.2) is 19.4 Å². The van der Waals surface area contributed by atoms with Gasteiger partial charge >= 0.3 is 0 Å². The number of aromatic nitrogens is 1. The highest BCUT2D eigenvalue weighted by atomic mass is 32.2. The van der Waals surface area contributed by atoms with Crippen LogP contribution in [0.25, 0.3) is 11.3 Å². The van der Waals surface area contributed by atoms with Crippen molar-refractivity contribution in [1.82, 2.24) is 9.71 Å². The second-order valence-electron chi connectivity index (χ2n) is 5.33. The normalized spacial score (nSPS) is 15.1.